The maximum atomic E-state index is 11.8. The number of Topliss-reactive ketones (excluding diaryl/α,β-unsaturated/α-hetero) is 1. The Morgan fingerprint density at radius 2 is 2.14 bits per heavy atom. The largest absolute Gasteiger partial charge is 0.297 e. The molecule has 0 radical (unpaired) electrons. The van der Waals surface area contributed by atoms with Crippen molar-refractivity contribution in [2.24, 2.45) is 0 Å². The number of aromatic nitrogens is 4. The van der Waals surface area contributed by atoms with Gasteiger partial charge in [-0.15, -0.1) is 11.3 Å². The molecule has 3 heterocycles. The Kier molecular flexibility index (Phi) is 3.77. The van der Waals surface area contributed by atoms with Crippen LogP contribution in [0, 0.1) is 13.8 Å². The fraction of sp³-hybridized carbons (Fsp3) is 0.286. The van der Waals surface area contributed by atoms with Gasteiger partial charge in [-0.2, -0.15) is 0 Å². The van der Waals surface area contributed by atoms with E-state index in [-0.39, 0.29) is 5.78 Å². The normalized spacial score (nSPS) is 11.2. The van der Waals surface area contributed by atoms with Crippen LogP contribution in [0.4, 0.5) is 0 Å². The first-order valence-corrected chi connectivity index (χ1v) is 8.31. The van der Waals surface area contributed by atoms with E-state index < -0.39 is 0 Å². The van der Waals surface area contributed by atoms with Crippen molar-refractivity contribution in [3.8, 4) is 0 Å². The number of nitrogens with zero attached hydrogens (tertiary/aromatic N) is 4. The van der Waals surface area contributed by atoms with Crippen molar-refractivity contribution in [1.29, 1.82) is 0 Å². The third kappa shape index (κ3) is 2.84. The van der Waals surface area contributed by atoms with E-state index in [2.05, 4.69) is 15.0 Å². The van der Waals surface area contributed by atoms with Crippen LogP contribution < -0.4 is 0 Å². The number of thiazole rings is 1. The Labute approximate surface area is 130 Å². The standard InChI is InChI=1S/C14H14N4OS2/c1-8-12(9(2)19)13(16-10(3)15-8)21-7-11-6-18-4-5-20-14(18)17-11/h4-6H,7H2,1-3H3. The minimum Gasteiger partial charge on any atom is -0.297 e. The van der Waals surface area contributed by atoms with Crippen molar-refractivity contribution in [3.63, 3.8) is 0 Å². The van der Waals surface area contributed by atoms with Crippen LogP contribution in [0.25, 0.3) is 4.96 Å². The van der Waals surface area contributed by atoms with E-state index in [0.29, 0.717) is 17.1 Å². The van der Waals surface area contributed by atoms with Crippen LogP contribution in [0.15, 0.2) is 22.8 Å². The molecular weight excluding hydrogens is 304 g/mol. The van der Waals surface area contributed by atoms with Crippen molar-refractivity contribution >= 4 is 33.8 Å². The molecule has 0 atom stereocenters. The van der Waals surface area contributed by atoms with Gasteiger partial charge in [0, 0.05) is 23.5 Å². The second kappa shape index (κ2) is 5.57. The van der Waals surface area contributed by atoms with E-state index in [4.69, 9.17) is 0 Å². The molecule has 21 heavy (non-hydrogen) atoms. The second-order valence-corrected chi connectivity index (χ2v) is 6.54. The number of aryl methyl sites for hydroxylation is 2. The molecule has 0 unspecified atom stereocenters. The summed E-state index contributed by atoms with van der Waals surface area (Å²) < 4.78 is 2.00. The van der Waals surface area contributed by atoms with Crippen LogP contribution in [-0.4, -0.2) is 25.1 Å². The lowest BCUT2D eigenvalue weighted by Crippen LogP contribution is -2.06. The average Bonchev–Trinajstić information content (AvgIpc) is 2.95. The molecule has 0 aromatic carbocycles. The third-order valence-corrected chi connectivity index (χ3v) is 4.80. The van der Waals surface area contributed by atoms with Crippen molar-refractivity contribution in [3.05, 3.63) is 40.5 Å². The summed E-state index contributed by atoms with van der Waals surface area (Å²) in [6.07, 6.45) is 3.99. The molecule has 0 amide bonds. The molecule has 0 saturated carbocycles. The highest BCUT2D eigenvalue weighted by molar-refractivity contribution is 7.98. The number of hydrogen-bond donors (Lipinski definition) is 0. The molecule has 3 rings (SSSR count). The second-order valence-electron chi connectivity index (χ2n) is 4.71. The highest BCUT2D eigenvalue weighted by Gasteiger charge is 2.15. The Bertz CT molecular complexity index is 793. The topological polar surface area (TPSA) is 60.2 Å². The van der Waals surface area contributed by atoms with Crippen LogP contribution in [0.1, 0.15) is 34.5 Å². The molecule has 0 fully saturated rings. The Hall–Kier alpha value is -1.73. The molecule has 7 heteroatoms. The zero-order chi connectivity index (χ0) is 15.0. The fourth-order valence-electron chi connectivity index (χ4n) is 2.18. The number of carbonyl (C=O) groups excluding carboxylic acids is 1. The highest BCUT2D eigenvalue weighted by atomic mass is 32.2. The number of thioether (sulfide) groups is 1. The smallest absolute Gasteiger partial charge is 0.193 e. The minimum absolute atomic E-state index is 0.000763. The van der Waals surface area contributed by atoms with Gasteiger partial charge in [-0.25, -0.2) is 15.0 Å². The molecule has 0 saturated heterocycles. The first-order chi connectivity index (χ1) is 10.0. The summed E-state index contributed by atoms with van der Waals surface area (Å²) in [7, 11) is 0. The zero-order valence-electron chi connectivity index (χ0n) is 12.0. The summed E-state index contributed by atoms with van der Waals surface area (Å²) in [4.78, 5) is 26.0. The monoisotopic (exact) mass is 318 g/mol. The number of fused-ring (bicyclic) bond motifs is 1. The van der Waals surface area contributed by atoms with E-state index in [9.17, 15) is 4.79 Å². The van der Waals surface area contributed by atoms with Gasteiger partial charge in [-0.3, -0.25) is 9.20 Å². The maximum Gasteiger partial charge on any atom is 0.193 e. The number of ketones is 1. The van der Waals surface area contributed by atoms with Gasteiger partial charge in [-0.05, 0) is 20.8 Å². The summed E-state index contributed by atoms with van der Waals surface area (Å²) in [6.45, 7) is 5.24. The summed E-state index contributed by atoms with van der Waals surface area (Å²) >= 11 is 3.14. The van der Waals surface area contributed by atoms with Crippen molar-refractivity contribution in [1.82, 2.24) is 19.4 Å². The van der Waals surface area contributed by atoms with E-state index in [1.54, 1.807) is 18.3 Å². The van der Waals surface area contributed by atoms with Gasteiger partial charge >= 0.3 is 0 Å². The summed E-state index contributed by atoms with van der Waals surface area (Å²) in [6, 6.07) is 0. The SMILES string of the molecule is CC(=O)c1c(C)nc(C)nc1SCc1cn2ccsc2n1. The Morgan fingerprint density at radius 3 is 2.86 bits per heavy atom. The molecule has 5 nitrogen and oxygen atoms in total. The molecule has 0 aliphatic heterocycles. The summed E-state index contributed by atoms with van der Waals surface area (Å²) in [5.74, 6) is 1.37. The lowest BCUT2D eigenvalue weighted by atomic mass is 10.2. The molecule has 3 aromatic rings. The molecule has 0 bridgehead atoms. The van der Waals surface area contributed by atoms with Gasteiger partial charge in [-0.1, -0.05) is 11.8 Å². The molecule has 0 N–H and O–H groups in total. The van der Waals surface area contributed by atoms with Gasteiger partial charge in [0.2, 0.25) is 0 Å². The first kappa shape index (κ1) is 14.2. The minimum atomic E-state index is 0.000763. The van der Waals surface area contributed by atoms with Crippen molar-refractivity contribution < 1.29 is 4.79 Å². The highest BCUT2D eigenvalue weighted by Crippen LogP contribution is 2.26. The van der Waals surface area contributed by atoms with Gasteiger partial charge in [0.15, 0.2) is 10.7 Å². The molecule has 0 aliphatic carbocycles. The van der Waals surface area contributed by atoms with E-state index in [1.807, 2.05) is 36.0 Å². The van der Waals surface area contributed by atoms with Gasteiger partial charge < -0.3 is 0 Å². The van der Waals surface area contributed by atoms with Gasteiger partial charge in [0.1, 0.15) is 10.9 Å². The first-order valence-electron chi connectivity index (χ1n) is 6.44. The summed E-state index contributed by atoms with van der Waals surface area (Å²) in [5, 5.41) is 2.74. The third-order valence-electron chi connectivity index (χ3n) is 3.02. The van der Waals surface area contributed by atoms with E-state index >= 15 is 0 Å². The maximum absolute atomic E-state index is 11.8. The van der Waals surface area contributed by atoms with E-state index in [0.717, 1.165) is 21.4 Å². The number of imidazole rings is 1. The number of rotatable bonds is 4. The van der Waals surface area contributed by atoms with Crippen molar-refractivity contribution in [2.45, 2.75) is 31.6 Å². The molecule has 108 valence electrons. The predicted octanol–water partition coefficient (Wildman–Crippen LogP) is 3.30. The van der Waals surface area contributed by atoms with Crippen LogP contribution in [0.5, 0.6) is 0 Å². The van der Waals surface area contributed by atoms with E-state index in [1.165, 1.54) is 11.8 Å². The predicted molar refractivity (Wildman–Crippen MR) is 84.1 cm³/mol. The van der Waals surface area contributed by atoms with Crippen LogP contribution in [0.2, 0.25) is 0 Å². The lowest BCUT2D eigenvalue weighted by Gasteiger charge is -2.08. The van der Waals surface area contributed by atoms with Crippen LogP contribution in [0.3, 0.4) is 0 Å². The molecular formula is C14H14N4OS2. The van der Waals surface area contributed by atoms with Crippen LogP contribution in [-0.2, 0) is 5.75 Å². The lowest BCUT2D eigenvalue weighted by molar-refractivity contribution is 0.101. The Morgan fingerprint density at radius 1 is 1.33 bits per heavy atom. The van der Waals surface area contributed by atoms with Gasteiger partial charge in [0.05, 0.1) is 17.0 Å². The molecule has 0 aliphatic rings. The number of hydrogen-bond acceptors (Lipinski definition) is 6. The number of carbonyl (C=O) groups is 1. The Balaban J connectivity index is 1.87. The average molecular weight is 318 g/mol. The zero-order valence-corrected chi connectivity index (χ0v) is 13.6. The van der Waals surface area contributed by atoms with Crippen LogP contribution >= 0.6 is 23.1 Å². The fourth-order valence-corrected chi connectivity index (χ4v) is 3.95. The molecule has 0 spiro atoms. The summed E-state index contributed by atoms with van der Waals surface area (Å²) in [5.41, 5.74) is 2.34. The quantitative estimate of drug-likeness (QED) is 0.420. The van der Waals surface area contributed by atoms with Crippen molar-refractivity contribution in [2.75, 3.05) is 0 Å². The molecule has 3 aromatic heterocycles. The van der Waals surface area contributed by atoms with Gasteiger partial charge in [0.25, 0.3) is 0 Å².